The van der Waals surface area contributed by atoms with Gasteiger partial charge in [-0.3, -0.25) is 4.72 Å². The van der Waals surface area contributed by atoms with E-state index in [-0.39, 0.29) is 16.7 Å². The van der Waals surface area contributed by atoms with Crippen molar-refractivity contribution in [2.75, 3.05) is 4.72 Å². The van der Waals surface area contributed by atoms with Crippen molar-refractivity contribution in [2.24, 2.45) is 0 Å². The fraction of sp³-hybridized carbons (Fsp3) is 0.211. The second-order valence-electron chi connectivity index (χ2n) is 6.51. The van der Waals surface area contributed by atoms with Crippen molar-refractivity contribution >= 4 is 15.7 Å². The van der Waals surface area contributed by atoms with E-state index >= 15 is 0 Å². The maximum Gasteiger partial charge on any atom is 0.262 e. The van der Waals surface area contributed by atoms with Crippen molar-refractivity contribution in [2.45, 2.75) is 31.3 Å². The maximum atomic E-state index is 14.0. The van der Waals surface area contributed by atoms with Crippen molar-refractivity contribution < 1.29 is 17.5 Å². The van der Waals surface area contributed by atoms with Gasteiger partial charge in [-0.05, 0) is 49.7 Å². The van der Waals surface area contributed by atoms with Crippen LogP contribution in [0.15, 0.2) is 53.6 Å². The molecule has 1 atom stereocenters. The largest absolute Gasteiger partial charge is 0.490 e. The number of anilines is 1. The summed E-state index contributed by atoms with van der Waals surface area (Å²) in [5.41, 5.74) is 1.90. The van der Waals surface area contributed by atoms with Crippen LogP contribution in [0.5, 0.6) is 5.75 Å². The lowest BCUT2D eigenvalue weighted by Crippen LogP contribution is -2.14. The monoisotopic (exact) mass is 387 g/mol. The minimum absolute atomic E-state index is 0.0344. The molecule has 3 aromatic rings. The summed E-state index contributed by atoms with van der Waals surface area (Å²) in [6.07, 6.45) is 2.08. The standard InChI is InChI=1S/C19H18FN3O3S/c1-12-9-14-10-15(7-8-19(14)26-12)27(24,25)22-17-11-21-23(13(17)2)18-6-4-3-5-16(18)20/h3-8,10-12,22H,9H2,1-2H3. The Bertz CT molecular complexity index is 1120. The predicted octanol–water partition coefficient (Wildman–Crippen LogP) is 3.44. The molecule has 1 aliphatic rings. The topological polar surface area (TPSA) is 73.2 Å². The second kappa shape index (κ2) is 6.38. The molecule has 0 radical (unpaired) electrons. The molecule has 27 heavy (non-hydrogen) atoms. The first-order chi connectivity index (χ1) is 12.8. The number of fused-ring (bicyclic) bond motifs is 1. The molecule has 1 aliphatic heterocycles. The van der Waals surface area contributed by atoms with Crippen LogP contribution in [0.25, 0.3) is 5.69 Å². The number of sulfonamides is 1. The SMILES string of the molecule is Cc1c(NS(=O)(=O)c2ccc3c(c2)CC(C)O3)cnn1-c1ccccc1F. The number of benzene rings is 2. The molecule has 1 N–H and O–H groups in total. The van der Waals surface area contributed by atoms with Gasteiger partial charge in [0.2, 0.25) is 0 Å². The Labute approximate surface area is 156 Å². The minimum Gasteiger partial charge on any atom is -0.490 e. The zero-order valence-electron chi connectivity index (χ0n) is 14.8. The van der Waals surface area contributed by atoms with Gasteiger partial charge in [-0.15, -0.1) is 0 Å². The first-order valence-corrected chi connectivity index (χ1v) is 9.95. The number of rotatable bonds is 4. The van der Waals surface area contributed by atoms with Crippen LogP contribution in [0.4, 0.5) is 10.1 Å². The van der Waals surface area contributed by atoms with Crippen molar-refractivity contribution in [1.82, 2.24) is 9.78 Å². The van der Waals surface area contributed by atoms with E-state index in [2.05, 4.69) is 9.82 Å². The number of nitrogens with one attached hydrogen (secondary N) is 1. The fourth-order valence-electron chi connectivity index (χ4n) is 3.15. The van der Waals surface area contributed by atoms with Crippen LogP contribution >= 0.6 is 0 Å². The van der Waals surface area contributed by atoms with Gasteiger partial charge in [0.25, 0.3) is 10.0 Å². The van der Waals surface area contributed by atoms with Crippen molar-refractivity contribution in [3.63, 3.8) is 0 Å². The number of nitrogens with zero attached hydrogens (tertiary/aromatic N) is 2. The third kappa shape index (κ3) is 3.16. The first-order valence-electron chi connectivity index (χ1n) is 8.47. The van der Waals surface area contributed by atoms with Gasteiger partial charge in [-0.2, -0.15) is 5.10 Å². The number of halogens is 1. The van der Waals surface area contributed by atoms with Gasteiger partial charge in [0, 0.05) is 6.42 Å². The molecule has 0 spiro atoms. The number of hydrogen-bond acceptors (Lipinski definition) is 4. The second-order valence-corrected chi connectivity index (χ2v) is 8.20. The van der Waals surface area contributed by atoms with Crippen LogP contribution in [0, 0.1) is 12.7 Å². The number of aromatic nitrogens is 2. The Morgan fingerprint density at radius 2 is 2.04 bits per heavy atom. The Kier molecular flexibility index (Phi) is 4.15. The molecule has 0 aliphatic carbocycles. The van der Waals surface area contributed by atoms with E-state index in [0.29, 0.717) is 23.6 Å². The quantitative estimate of drug-likeness (QED) is 0.744. The van der Waals surface area contributed by atoms with Crippen LogP contribution in [-0.4, -0.2) is 24.3 Å². The molecule has 1 aromatic heterocycles. The normalized spacial score (nSPS) is 16.0. The van der Waals surface area contributed by atoms with Crippen LogP contribution in [0.3, 0.4) is 0 Å². The summed E-state index contributed by atoms with van der Waals surface area (Å²) >= 11 is 0. The number of ether oxygens (including phenoxy) is 1. The highest BCUT2D eigenvalue weighted by Crippen LogP contribution is 2.31. The number of hydrogen-bond donors (Lipinski definition) is 1. The smallest absolute Gasteiger partial charge is 0.262 e. The van der Waals surface area contributed by atoms with E-state index in [9.17, 15) is 12.8 Å². The molecule has 0 saturated heterocycles. The lowest BCUT2D eigenvalue weighted by Gasteiger charge is -2.10. The molecule has 0 fully saturated rings. The molecule has 1 unspecified atom stereocenters. The van der Waals surface area contributed by atoms with E-state index in [0.717, 1.165) is 5.56 Å². The zero-order valence-corrected chi connectivity index (χ0v) is 15.6. The van der Waals surface area contributed by atoms with Crippen LogP contribution < -0.4 is 9.46 Å². The van der Waals surface area contributed by atoms with E-state index in [1.165, 1.54) is 23.0 Å². The van der Waals surface area contributed by atoms with Crippen molar-refractivity contribution in [3.05, 3.63) is 65.7 Å². The molecule has 140 valence electrons. The molecular formula is C19H18FN3O3S. The molecular weight excluding hydrogens is 369 g/mol. The summed E-state index contributed by atoms with van der Waals surface area (Å²) in [7, 11) is -3.81. The molecule has 0 amide bonds. The van der Waals surface area contributed by atoms with Gasteiger partial charge in [0.05, 0.1) is 22.5 Å². The van der Waals surface area contributed by atoms with Gasteiger partial charge < -0.3 is 4.74 Å². The minimum atomic E-state index is -3.81. The highest BCUT2D eigenvalue weighted by molar-refractivity contribution is 7.92. The van der Waals surface area contributed by atoms with Crippen LogP contribution in [0.2, 0.25) is 0 Å². The van der Waals surface area contributed by atoms with E-state index in [1.54, 1.807) is 37.3 Å². The van der Waals surface area contributed by atoms with Crippen LogP contribution in [0.1, 0.15) is 18.2 Å². The molecule has 0 saturated carbocycles. The van der Waals surface area contributed by atoms with Crippen LogP contribution in [-0.2, 0) is 16.4 Å². The third-order valence-electron chi connectivity index (χ3n) is 4.51. The third-order valence-corrected chi connectivity index (χ3v) is 5.88. The van der Waals surface area contributed by atoms with Gasteiger partial charge in [0.15, 0.2) is 0 Å². The number of para-hydroxylation sites is 1. The summed E-state index contributed by atoms with van der Waals surface area (Å²) in [5, 5.41) is 4.12. The van der Waals surface area contributed by atoms with Gasteiger partial charge >= 0.3 is 0 Å². The molecule has 8 heteroatoms. The van der Waals surface area contributed by atoms with E-state index in [4.69, 9.17) is 4.74 Å². The Balaban J connectivity index is 1.65. The molecule has 6 nitrogen and oxygen atoms in total. The summed E-state index contributed by atoms with van der Waals surface area (Å²) in [6.45, 7) is 3.61. The average molecular weight is 387 g/mol. The lowest BCUT2D eigenvalue weighted by atomic mass is 10.1. The van der Waals surface area contributed by atoms with E-state index < -0.39 is 15.8 Å². The highest BCUT2D eigenvalue weighted by Gasteiger charge is 2.24. The Morgan fingerprint density at radius 3 is 2.81 bits per heavy atom. The van der Waals surface area contributed by atoms with E-state index in [1.807, 2.05) is 6.92 Å². The maximum absolute atomic E-state index is 14.0. The fourth-order valence-corrected chi connectivity index (χ4v) is 4.30. The summed E-state index contributed by atoms with van der Waals surface area (Å²) in [5.74, 6) is 0.274. The van der Waals surface area contributed by atoms with Gasteiger partial charge in [-0.1, -0.05) is 12.1 Å². The molecule has 0 bridgehead atoms. The first kappa shape index (κ1) is 17.5. The van der Waals surface area contributed by atoms with Crippen molar-refractivity contribution in [1.29, 1.82) is 0 Å². The lowest BCUT2D eigenvalue weighted by molar-refractivity contribution is 0.254. The zero-order chi connectivity index (χ0) is 19.2. The van der Waals surface area contributed by atoms with Gasteiger partial charge in [0.1, 0.15) is 23.4 Å². The van der Waals surface area contributed by atoms with Gasteiger partial charge in [-0.25, -0.2) is 17.5 Å². The predicted molar refractivity (Wildman–Crippen MR) is 99.3 cm³/mol. The Hall–Kier alpha value is -2.87. The Morgan fingerprint density at radius 1 is 1.26 bits per heavy atom. The average Bonchev–Trinajstić information content (AvgIpc) is 3.16. The summed E-state index contributed by atoms with van der Waals surface area (Å²) < 4.78 is 49.1. The molecule has 4 rings (SSSR count). The van der Waals surface area contributed by atoms with Crippen molar-refractivity contribution in [3.8, 4) is 11.4 Å². The molecule has 2 heterocycles. The molecule has 2 aromatic carbocycles. The summed E-state index contributed by atoms with van der Waals surface area (Å²) in [6, 6.07) is 11.0. The summed E-state index contributed by atoms with van der Waals surface area (Å²) in [4.78, 5) is 0.150. The highest BCUT2D eigenvalue weighted by atomic mass is 32.2.